The fourth-order valence-corrected chi connectivity index (χ4v) is 3.53. The number of likely N-dealkylation sites (tertiary alicyclic amines) is 1. The van der Waals surface area contributed by atoms with Crippen molar-refractivity contribution in [3.63, 3.8) is 0 Å². The van der Waals surface area contributed by atoms with Crippen molar-refractivity contribution in [1.82, 2.24) is 4.90 Å². The summed E-state index contributed by atoms with van der Waals surface area (Å²) in [7, 11) is 0. The molecule has 0 radical (unpaired) electrons. The maximum atomic E-state index is 10.4. The van der Waals surface area contributed by atoms with Gasteiger partial charge in [-0.05, 0) is 51.9 Å². The maximum absolute atomic E-state index is 10.4. The van der Waals surface area contributed by atoms with Crippen molar-refractivity contribution < 1.29 is 5.11 Å². The molecule has 17 heavy (non-hydrogen) atoms. The number of rotatable bonds is 4. The lowest BCUT2D eigenvalue weighted by Crippen LogP contribution is -2.51. The summed E-state index contributed by atoms with van der Waals surface area (Å²) in [6.07, 6.45) is 2.86. The van der Waals surface area contributed by atoms with E-state index in [2.05, 4.69) is 18.7 Å². The number of hydrogen-bond acceptors (Lipinski definition) is 3. The summed E-state index contributed by atoms with van der Waals surface area (Å²) >= 11 is 7.47. The molecule has 0 bridgehead atoms. The summed E-state index contributed by atoms with van der Waals surface area (Å²) in [5.41, 5.74) is -0.146. The second kappa shape index (κ2) is 5.27. The maximum Gasteiger partial charge on any atom is 0.0931 e. The van der Waals surface area contributed by atoms with Crippen LogP contribution in [0.2, 0.25) is 4.34 Å². The lowest BCUT2D eigenvalue weighted by Gasteiger charge is -2.39. The number of halogens is 1. The first-order valence-corrected chi connectivity index (χ1v) is 7.37. The Hall–Kier alpha value is -0.0900. The van der Waals surface area contributed by atoms with E-state index in [1.807, 2.05) is 12.1 Å². The van der Waals surface area contributed by atoms with Crippen molar-refractivity contribution in [1.29, 1.82) is 0 Å². The topological polar surface area (TPSA) is 23.5 Å². The van der Waals surface area contributed by atoms with Crippen LogP contribution in [0.15, 0.2) is 12.1 Å². The van der Waals surface area contributed by atoms with E-state index >= 15 is 0 Å². The molecule has 96 valence electrons. The van der Waals surface area contributed by atoms with E-state index in [1.54, 1.807) is 11.3 Å². The Morgan fingerprint density at radius 2 is 2.06 bits per heavy atom. The minimum atomic E-state index is -0.338. The highest BCUT2D eigenvalue weighted by molar-refractivity contribution is 7.16. The molecule has 2 heterocycles. The predicted octanol–water partition coefficient (Wildman–Crippen LogP) is 3.18. The fraction of sp³-hybridized carbons (Fsp3) is 0.692. The Kier molecular flexibility index (Phi) is 4.14. The van der Waals surface area contributed by atoms with Crippen molar-refractivity contribution in [3.05, 3.63) is 21.3 Å². The van der Waals surface area contributed by atoms with Gasteiger partial charge < -0.3 is 5.11 Å². The van der Waals surface area contributed by atoms with E-state index in [1.165, 1.54) is 12.8 Å². The second-order valence-corrected chi connectivity index (χ2v) is 7.07. The van der Waals surface area contributed by atoms with Gasteiger partial charge in [-0.15, -0.1) is 11.3 Å². The first kappa shape index (κ1) is 13.3. The molecule has 4 heteroatoms. The van der Waals surface area contributed by atoms with Gasteiger partial charge in [0.15, 0.2) is 0 Å². The summed E-state index contributed by atoms with van der Waals surface area (Å²) < 4.78 is 0.797. The van der Waals surface area contributed by atoms with Crippen molar-refractivity contribution >= 4 is 22.9 Å². The highest BCUT2D eigenvalue weighted by Gasteiger charge is 2.35. The SMILES string of the molecule is CC(C)(C(O)Cc1ccc(Cl)s1)N1CCCC1. The molecule has 1 unspecified atom stereocenters. The third-order valence-corrected chi connectivity index (χ3v) is 5.01. The van der Waals surface area contributed by atoms with Crippen LogP contribution in [0.1, 0.15) is 31.6 Å². The summed E-state index contributed by atoms with van der Waals surface area (Å²) in [4.78, 5) is 3.56. The molecule has 1 aliphatic heterocycles. The molecule has 2 nitrogen and oxygen atoms in total. The minimum absolute atomic E-state index is 0.146. The van der Waals surface area contributed by atoms with E-state index in [-0.39, 0.29) is 11.6 Å². The predicted molar refractivity (Wildman–Crippen MR) is 73.9 cm³/mol. The minimum Gasteiger partial charge on any atom is -0.391 e. The van der Waals surface area contributed by atoms with Crippen LogP contribution in [-0.2, 0) is 6.42 Å². The fourth-order valence-electron chi connectivity index (χ4n) is 2.41. The Labute approximate surface area is 112 Å². The Morgan fingerprint density at radius 1 is 1.41 bits per heavy atom. The van der Waals surface area contributed by atoms with Crippen molar-refractivity contribution in [3.8, 4) is 0 Å². The van der Waals surface area contributed by atoms with Crippen molar-refractivity contribution in [2.24, 2.45) is 0 Å². The summed E-state index contributed by atoms with van der Waals surface area (Å²) in [5.74, 6) is 0. The Bertz CT molecular complexity index is 371. The highest BCUT2D eigenvalue weighted by atomic mass is 35.5. The molecule has 0 amide bonds. The molecule has 2 rings (SSSR count). The third-order valence-electron chi connectivity index (χ3n) is 3.76. The van der Waals surface area contributed by atoms with Gasteiger partial charge in [0.2, 0.25) is 0 Å². The van der Waals surface area contributed by atoms with Crippen LogP contribution in [0.3, 0.4) is 0 Å². The smallest absolute Gasteiger partial charge is 0.0931 e. The number of hydrogen-bond donors (Lipinski definition) is 1. The van der Waals surface area contributed by atoms with Gasteiger partial charge in [0.1, 0.15) is 0 Å². The summed E-state index contributed by atoms with van der Waals surface area (Å²) in [6.45, 7) is 6.49. The van der Waals surface area contributed by atoms with Gasteiger partial charge in [-0.25, -0.2) is 0 Å². The molecule has 1 aromatic rings. The largest absolute Gasteiger partial charge is 0.391 e. The molecule has 1 N–H and O–H groups in total. The number of aliphatic hydroxyl groups excluding tert-OH is 1. The van der Waals surface area contributed by atoms with E-state index in [4.69, 9.17) is 11.6 Å². The molecule has 0 spiro atoms. The van der Waals surface area contributed by atoms with E-state index in [9.17, 15) is 5.11 Å². The van der Waals surface area contributed by atoms with Crippen LogP contribution in [-0.4, -0.2) is 34.7 Å². The summed E-state index contributed by atoms with van der Waals surface area (Å²) in [5, 5.41) is 10.4. The van der Waals surface area contributed by atoms with Gasteiger partial charge in [0.05, 0.1) is 10.4 Å². The quantitative estimate of drug-likeness (QED) is 0.911. The van der Waals surface area contributed by atoms with Gasteiger partial charge in [0, 0.05) is 16.8 Å². The normalized spacial score (nSPS) is 19.8. The van der Waals surface area contributed by atoms with Crippen molar-refractivity contribution in [2.75, 3.05) is 13.1 Å². The number of aliphatic hydroxyl groups is 1. The zero-order valence-corrected chi connectivity index (χ0v) is 12.0. The molecule has 1 aliphatic rings. The van der Waals surface area contributed by atoms with Crippen LogP contribution in [0, 0.1) is 0 Å². The number of thiophene rings is 1. The Morgan fingerprint density at radius 3 is 2.59 bits per heavy atom. The molecule has 0 aromatic carbocycles. The molecule has 1 aromatic heterocycles. The van der Waals surface area contributed by atoms with Crippen LogP contribution in [0.5, 0.6) is 0 Å². The van der Waals surface area contributed by atoms with Crippen molar-refractivity contribution in [2.45, 2.75) is 44.8 Å². The zero-order chi connectivity index (χ0) is 12.5. The average Bonchev–Trinajstić information content (AvgIpc) is 2.89. The molecule has 1 atom stereocenters. The van der Waals surface area contributed by atoms with Crippen LogP contribution >= 0.6 is 22.9 Å². The van der Waals surface area contributed by atoms with E-state index < -0.39 is 0 Å². The molecule has 0 aliphatic carbocycles. The molecule has 1 saturated heterocycles. The van der Waals surface area contributed by atoms with Gasteiger partial charge in [-0.1, -0.05) is 11.6 Å². The molecule has 1 fully saturated rings. The van der Waals surface area contributed by atoms with Gasteiger partial charge in [-0.3, -0.25) is 4.90 Å². The summed E-state index contributed by atoms with van der Waals surface area (Å²) in [6, 6.07) is 3.91. The lowest BCUT2D eigenvalue weighted by atomic mass is 9.92. The van der Waals surface area contributed by atoms with Crippen LogP contribution in [0.4, 0.5) is 0 Å². The number of nitrogens with zero attached hydrogens (tertiary/aromatic N) is 1. The monoisotopic (exact) mass is 273 g/mol. The van der Waals surface area contributed by atoms with Gasteiger partial charge in [-0.2, -0.15) is 0 Å². The highest BCUT2D eigenvalue weighted by Crippen LogP contribution is 2.29. The first-order chi connectivity index (χ1) is 8.00. The van der Waals surface area contributed by atoms with E-state index in [0.717, 1.165) is 22.3 Å². The molecular formula is C13H20ClNOS. The van der Waals surface area contributed by atoms with Gasteiger partial charge >= 0.3 is 0 Å². The van der Waals surface area contributed by atoms with Crippen LogP contribution in [0.25, 0.3) is 0 Å². The Balaban J connectivity index is 2.00. The zero-order valence-electron chi connectivity index (χ0n) is 10.4. The molecule has 0 saturated carbocycles. The lowest BCUT2D eigenvalue weighted by molar-refractivity contribution is 0.00381. The molecular weight excluding hydrogens is 254 g/mol. The van der Waals surface area contributed by atoms with E-state index in [0.29, 0.717) is 6.42 Å². The standard InChI is InChI=1S/C13H20ClNOS/c1-13(2,15-7-3-4-8-15)11(16)9-10-5-6-12(14)17-10/h5-6,11,16H,3-4,7-9H2,1-2H3. The first-order valence-electron chi connectivity index (χ1n) is 6.17. The van der Waals surface area contributed by atoms with Crippen LogP contribution < -0.4 is 0 Å². The third kappa shape index (κ3) is 3.02. The average molecular weight is 274 g/mol. The second-order valence-electron chi connectivity index (χ2n) is 5.27. The van der Waals surface area contributed by atoms with Gasteiger partial charge in [0.25, 0.3) is 0 Å².